The molecule has 1 aromatic heterocycles. The van der Waals surface area contributed by atoms with Gasteiger partial charge in [-0.25, -0.2) is 22.0 Å². The van der Waals surface area contributed by atoms with Crippen molar-refractivity contribution in [2.45, 2.75) is 11.8 Å². The second-order valence-corrected chi connectivity index (χ2v) is 5.65. The average Bonchev–Trinajstić information content (AvgIpc) is 2.77. The van der Waals surface area contributed by atoms with Gasteiger partial charge in [0.2, 0.25) is 0 Å². The molecule has 0 spiro atoms. The van der Waals surface area contributed by atoms with E-state index < -0.39 is 43.9 Å². The van der Waals surface area contributed by atoms with Crippen molar-refractivity contribution < 1.29 is 27.1 Å². The van der Waals surface area contributed by atoms with Crippen LogP contribution in [0.15, 0.2) is 23.1 Å². The van der Waals surface area contributed by atoms with E-state index >= 15 is 0 Å². The van der Waals surface area contributed by atoms with Crippen LogP contribution in [0.4, 0.5) is 14.5 Å². The maximum Gasteiger partial charge on any atom is 0.357 e. The highest BCUT2D eigenvalue weighted by Gasteiger charge is 2.29. The number of aromatic amines is 1. The summed E-state index contributed by atoms with van der Waals surface area (Å²) >= 11 is 0. The Morgan fingerprint density at radius 3 is 2.43 bits per heavy atom. The second-order valence-electron chi connectivity index (χ2n) is 4.03. The lowest BCUT2D eigenvalue weighted by molar-refractivity contribution is 0.0686. The lowest BCUT2D eigenvalue weighted by atomic mass is 10.3. The Balaban J connectivity index is 2.54. The van der Waals surface area contributed by atoms with Gasteiger partial charge in [-0.2, -0.15) is 5.10 Å². The van der Waals surface area contributed by atoms with Crippen molar-refractivity contribution in [3.63, 3.8) is 0 Å². The number of carboxylic acid groups (broad SMARTS) is 1. The first-order chi connectivity index (χ1) is 9.74. The summed E-state index contributed by atoms with van der Waals surface area (Å²) in [6.07, 6.45) is 0. The topological polar surface area (TPSA) is 112 Å². The first-order valence-electron chi connectivity index (χ1n) is 5.49. The number of rotatable bonds is 4. The smallest absolute Gasteiger partial charge is 0.357 e. The third kappa shape index (κ3) is 2.70. The molecule has 112 valence electrons. The van der Waals surface area contributed by atoms with Gasteiger partial charge in [0.05, 0.1) is 5.69 Å². The number of carbonyl (C=O) groups is 1. The molecule has 0 amide bonds. The highest BCUT2D eigenvalue weighted by molar-refractivity contribution is 7.92. The summed E-state index contributed by atoms with van der Waals surface area (Å²) in [5, 5.41) is 14.4. The Kier molecular flexibility index (Phi) is 3.64. The molecule has 10 heteroatoms. The molecule has 0 aliphatic heterocycles. The van der Waals surface area contributed by atoms with Crippen molar-refractivity contribution in [2.24, 2.45) is 0 Å². The van der Waals surface area contributed by atoms with Gasteiger partial charge in [0, 0.05) is 0 Å². The number of aromatic carboxylic acids is 1. The van der Waals surface area contributed by atoms with Gasteiger partial charge in [-0.15, -0.1) is 0 Å². The van der Waals surface area contributed by atoms with E-state index in [1.54, 1.807) is 4.72 Å². The van der Waals surface area contributed by atoms with E-state index in [1.165, 1.54) is 6.92 Å². The monoisotopic (exact) mass is 317 g/mol. The SMILES string of the molecule is Cc1[nH]nc(C(=O)O)c1S(=O)(=O)Nc1c(F)cccc1F. The molecule has 0 unspecified atom stereocenters. The van der Waals surface area contributed by atoms with Gasteiger partial charge < -0.3 is 5.11 Å². The van der Waals surface area contributed by atoms with E-state index in [0.29, 0.717) is 0 Å². The van der Waals surface area contributed by atoms with Crippen molar-refractivity contribution in [3.05, 3.63) is 41.2 Å². The molecule has 0 fully saturated rings. The van der Waals surface area contributed by atoms with Gasteiger partial charge in [-0.3, -0.25) is 9.82 Å². The van der Waals surface area contributed by atoms with E-state index in [-0.39, 0.29) is 5.69 Å². The fourth-order valence-electron chi connectivity index (χ4n) is 1.67. The van der Waals surface area contributed by atoms with Crippen molar-refractivity contribution in [1.29, 1.82) is 0 Å². The molecule has 0 atom stereocenters. The van der Waals surface area contributed by atoms with Gasteiger partial charge in [0.1, 0.15) is 22.2 Å². The zero-order valence-corrected chi connectivity index (χ0v) is 11.3. The minimum atomic E-state index is -4.53. The lowest BCUT2D eigenvalue weighted by Crippen LogP contribution is -2.18. The lowest BCUT2D eigenvalue weighted by Gasteiger charge is -2.09. The summed E-state index contributed by atoms with van der Waals surface area (Å²) in [5.74, 6) is -3.85. The molecule has 0 saturated carbocycles. The van der Waals surface area contributed by atoms with Crippen molar-refractivity contribution >= 4 is 21.7 Å². The van der Waals surface area contributed by atoms with Crippen LogP contribution in [0.1, 0.15) is 16.2 Å². The van der Waals surface area contributed by atoms with Gasteiger partial charge >= 0.3 is 5.97 Å². The molecule has 0 aliphatic rings. The van der Waals surface area contributed by atoms with E-state index in [9.17, 15) is 22.0 Å². The molecule has 7 nitrogen and oxygen atoms in total. The van der Waals surface area contributed by atoms with E-state index in [0.717, 1.165) is 18.2 Å². The van der Waals surface area contributed by atoms with Crippen LogP contribution >= 0.6 is 0 Å². The molecular formula is C11H9F2N3O4S. The van der Waals surface area contributed by atoms with Gasteiger partial charge in [0.25, 0.3) is 10.0 Å². The summed E-state index contributed by atoms with van der Waals surface area (Å²) in [6.45, 7) is 1.27. The van der Waals surface area contributed by atoms with E-state index in [2.05, 4.69) is 10.2 Å². The predicted molar refractivity (Wildman–Crippen MR) is 67.5 cm³/mol. The Hall–Kier alpha value is -2.49. The standard InChI is InChI=1S/C11H9F2N3O4S/c1-5-10(9(11(17)18)15-14-5)21(19,20)16-8-6(12)3-2-4-7(8)13/h2-4,16H,1H3,(H,14,15)(H,17,18). The van der Waals surface area contributed by atoms with Crippen LogP contribution in [0.3, 0.4) is 0 Å². The quantitative estimate of drug-likeness (QED) is 0.791. The third-order valence-corrected chi connectivity index (χ3v) is 4.07. The number of anilines is 1. The summed E-state index contributed by atoms with van der Waals surface area (Å²) in [7, 11) is -4.53. The average molecular weight is 317 g/mol. The maximum atomic E-state index is 13.5. The normalized spacial score (nSPS) is 11.4. The molecule has 0 saturated heterocycles. The van der Waals surface area contributed by atoms with Crippen LogP contribution in [0.5, 0.6) is 0 Å². The van der Waals surface area contributed by atoms with Gasteiger partial charge in [-0.1, -0.05) is 6.07 Å². The first-order valence-corrected chi connectivity index (χ1v) is 6.97. The molecule has 0 aliphatic carbocycles. The molecule has 21 heavy (non-hydrogen) atoms. The largest absolute Gasteiger partial charge is 0.476 e. The van der Waals surface area contributed by atoms with Crippen LogP contribution in [0.25, 0.3) is 0 Å². The number of sulfonamides is 1. The summed E-state index contributed by atoms with van der Waals surface area (Å²) < 4.78 is 52.9. The Bertz CT molecular complexity index is 797. The second kappa shape index (κ2) is 5.13. The predicted octanol–water partition coefficient (Wildman–Crippen LogP) is 1.50. The number of aryl methyl sites for hydroxylation is 1. The van der Waals surface area contributed by atoms with Crippen LogP contribution in [0.2, 0.25) is 0 Å². The molecule has 1 aromatic carbocycles. The highest BCUT2D eigenvalue weighted by Crippen LogP contribution is 2.25. The summed E-state index contributed by atoms with van der Waals surface area (Å²) in [4.78, 5) is 10.3. The van der Waals surface area contributed by atoms with Gasteiger partial charge in [0.15, 0.2) is 5.69 Å². The Labute approximate surface area is 117 Å². The van der Waals surface area contributed by atoms with Crippen molar-refractivity contribution in [2.75, 3.05) is 4.72 Å². The molecule has 0 bridgehead atoms. The number of benzene rings is 1. The number of nitrogens with zero attached hydrogens (tertiary/aromatic N) is 1. The molecule has 0 radical (unpaired) electrons. The fourth-order valence-corrected chi connectivity index (χ4v) is 3.08. The van der Waals surface area contributed by atoms with Crippen LogP contribution in [0, 0.1) is 18.6 Å². The van der Waals surface area contributed by atoms with Crippen LogP contribution in [-0.2, 0) is 10.0 Å². The zero-order valence-electron chi connectivity index (χ0n) is 10.5. The third-order valence-electron chi connectivity index (χ3n) is 2.56. The Morgan fingerprint density at radius 2 is 1.90 bits per heavy atom. The molecular weight excluding hydrogens is 308 g/mol. The van der Waals surface area contributed by atoms with E-state index in [4.69, 9.17) is 5.11 Å². The Morgan fingerprint density at radius 1 is 1.33 bits per heavy atom. The van der Waals surface area contributed by atoms with Crippen LogP contribution in [-0.4, -0.2) is 29.7 Å². The summed E-state index contributed by atoms with van der Waals surface area (Å²) in [5.41, 5.74) is -1.73. The fraction of sp³-hybridized carbons (Fsp3) is 0.0909. The summed E-state index contributed by atoms with van der Waals surface area (Å²) in [6, 6.07) is 2.79. The number of hydrogen-bond donors (Lipinski definition) is 3. The number of para-hydroxylation sites is 1. The zero-order chi connectivity index (χ0) is 15.8. The molecule has 3 N–H and O–H groups in total. The van der Waals surface area contributed by atoms with E-state index in [1.807, 2.05) is 0 Å². The number of carboxylic acids is 1. The van der Waals surface area contributed by atoms with Gasteiger partial charge in [-0.05, 0) is 19.1 Å². The van der Waals surface area contributed by atoms with Crippen LogP contribution < -0.4 is 4.72 Å². The number of halogens is 2. The minimum absolute atomic E-state index is 0.0725. The number of hydrogen-bond acceptors (Lipinski definition) is 4. The van der Waals surface area contributed by atoms with Crippen molar-refractivity contribution in [1.82, 2.24) is 10.2 Å². The van der Waals surface area contributed by atoms with Crippen molar-refractivity contribution in [3.8, 4) is 0 Å². The molecule has 2 rings (SSSR count). The first kappa shape index (κ1) is 14.9. The highest BCUT2D eigenvalue weighted by atomic mass is 32.2. The number of nitrogens with one attached hydrogen (secondary N) is 2. The maximum absolute atomic E-state index is 13.5. The number of H-pyrrole nitrogens is 1. The molecule has 1 heterocycles. The number of aromatic nitrogens is 2. The minimum Gasteiger partial charge on any atom is -0.476 e. The molecule has 2 aromatic rings.